The molecule has 2 aromatic carbocycles. The van der Waals surface area contributed by atoms with Gasteiger partial charge >= 0.3 is 5.97 Å². The van der Waals surface area contributed by atoms with E-state index in [0.717, 1.165) is 21.9 Å². The first kappa shape index (κ1) is 13.5. The highest BCUT2D eigenvalue weighted by Crippen LogP contribution is 2.31. The van der Waals surface area contributed by atoms with Crippen LogP contribution in [0.25, 0.3) is 32.9 Å². The number of fused-ring (bicyclic) bond motifs is 2. The maximum Gasteiger partial charge on any atom is 0.357 e. The first-order valence-corrected chi connectivity index (χ1v) is 7.19. The fourth-order valence-electron chi connectivity index (χ4n) is 2.92. The quantitative estimate of drug-likeness (QED) is 0.615. The van der Waals surface area contributed by atoms with Crippen LogP contribution in [0.5, 0.6) is 0 Å². The number of pyridine rings is 1. The number of carbonyl (C=O) groups is 1. The van der Waals surface area contributed by atoms with Crippen LogP contribution < -0.4 is 0 Å². The van der Waals surface area contributed by atoms with Crippen LogP contribution in [-0.4, -0.2) is 25.8 Å². The van der Waals surface area contributed by atoms with E-state index in [-0.39, 0.29) is 5.69 Å². The van der Waals surface area contributed by atoms with Crippen LogP contribution in [0.15, 0.2) is 54.7 Å². The lowest BCUT2D eigenvalue weighted by atomic mass is 9.99. The highest BCUT2D eigenvalue weighted by Gasteiger charge is 2.19. The van der Waals surface area contributed by atoms with Crippen molar-refractivity contribution in [1.82, 2.24) is 14.8 Å². The molecule has 0 aliphatic carbocycles. The van der Waals surface area contributed by atoms with Crippen LogP contribution in [0, 0.1) is 0 Å². The van der Waals surface area contributed by atoms with Gasteiger partial charge in [-0.3, -0.25) is 0 Å². The Bertz CT molecular complexity index is 1070. The Kier molecular flexibility index (Phi) is 2.87. The van der Waals surface area contributed by atoms with Crippen molar-refractivity contribution in [1.29, 1.82) is 0 Å². The van der Waals surface area contributed by atoms with Crippen LogP contribution in [0.4, 0.5) is 0 Å². The molecule has 0 amide bonds. The lowest BCUT2D eigenvalue weighted by Gasteiger charge is -2.06. The van der Waals surface area contributed by atoms with Crippen LogP contribution in [0.3, 0.4) is 0 Å². The van der Waals surface area contributed by atoms with Gasteiger partial charge in [-0.2, -0.15) is 5.10 Å². The lowest BCUT2D eigenvalue weighted by Crippen LogP contribution is -1.99. The molecule has 0 aliphatic rings. The molecule has 0 saturated heterocycles. The Morgan fingerprint density at radius 3 is 2.65 bits per heavy atom. The largest absolute Gasteiger partial charge is 0.476 e. The molecule has 1 N–H and O–H groups in total. The summed E-state index contributed by atoms with van der Waals surface area (Å²) in [7, 11) is 1.70. The van der Waals surface area contributed by atoms with Gasteiger partial charge in [0.15, 0.2) is 11.3 Å². The van der Waals surface area contributed by atoms with Crippen molar-refractivity contribution < 1.29 is 9.90 Å². The zero-order valence-electron chi connectivity index (χ0n) is 12.4. The standard InChI is InChI=1S/C18H13N3O2/c1-21-17-15(16(20-21)18(22)23)14(8-9-19-17)13-7-6-11-4-2-3-5-12(11)10-13/h2-10H,1H3,(H,22,23). The molecule has 0 spiro atoms. The number of hydrogen-bond acceptors (Lipinski definition) is 3. The van der Waals surface area contributed by atoms with Gasteiger partial charge in [-0.05, 0) is 34.0 Å². The highest BCUT2D eigenvalue weighted by atomic mass is 16.4. The van der Waals surface area contributed by atoms with Gasteiger partial charge in [0.2, 0.25) is 0 Å². The predicted octanol–water partition coefficient (Wildman–Crippen LogP) is 3.49. The van der Waals surface area contributed by atoms with Gasteiger partial charge in [-0.15, -0.1) is 0 Å². The molecule has 0 fully saturated rings. The molecule has 0 atom stereocenters. The average Bonchev–Trinajstić information content (AvgIpc) is 2.92. The summed E-state index contributed by atoms with van der Waals surface area (Å²) in [6.45, 7) is 0. The maximum absolute atomic E-state index is 11.5. The van der Waals surface area contributed by atoms with Crippen molar-refractivity contribution in [3.63, 3.8) is 0 Å². The van der Waals surface area contributed by atoms with Gasteiger partial charge in [-0.25, -0.2) is 14.5 Å². The Morgan fingerprint density at radius 1 is 1.09 bits per heavy atom. The summed E-state index contributed by atoms with van der Waals surface area (Å²) in [6, 6.07) is 16.0. The van der Waals surface area contributed by atoms with Crippen molar-refractivity contribution in [2.75, 3.05) is 0 Å². The first-order valence-electron chi connectivity index (χ1n) is 7.19. The van der Waals surface area contributed by atoms with Crippen LogP contribution in [-0.2, 0) is 7.05 Å². The second-order valence-electron chi connectivity index (χ2n) is 5.40. The molecule has 0 aliphatic heterocycles. The fourth-order valence-corrected chi connectivity index (χ4v) is 2.92. The number of aryl methyl sites for hydroxylation is 1. The number of carboxylic acid groups (broad SMARTS) is 1. The number of nitrogens with zero attached hydrogens (tertiary/aromatic N) is 3. The van der Waals surface area contributed by atoms with Crippen molar-refractivity contribution >= 4 is 27.8 Å². The van der Waals surface area contributed by atoms with E-state index >= 15 is 0 Å². The molecule has 4 rings (SSSR count). The summed E-state index contributed by atoms with van der Waals surface area (Å²) >= 11 is 0. The van der Waals surface area contributed by atoms with Gasteiger partial charge in [0.05, 0.1) is 5.39 Å². The molecule has 112 valence electrons. The van der Waals surface area contributed by atoms with E-state index < -0.39 is 5.97 Å². The Hall–Kier alpha value is -3.21. The molecule has 23 heavy (non-hydrogen) atoms. The number of carboxylic acids is 1. The zero-order valence-corrected chi connectivity index (χ0v) is 12.4. The summed E-state index contributed by atoms with van der Waals surface area (Å²) in [5.41, 5.74) is 2.37. The molecule has 4 aromatic rings. The smallest absolute Gasteiger partial charge is 0.357 e. The van der Waals surface area contributed by atoms with Crippen LogP contribution in [0.2, 0.25) is 0 Å². The molecule has 5 heteroatoms. The third kappa shape index (κ3) is 2.05. The van der Waals surface area contributed by atoms with E-state index in [1.807, 2.05) is 42.5 Å². The zero-order chi connectivity index (χ0) is 16.0. The monoisotopic (exact) mass is 303 g/mol. The second-order valence-corrected chi connectivity index (χ2v) is 5.40. The molecule has 0 unspecified atom stereocenters. The Labute approximate surface area is 131 Å². The summed E-state index contributed by atoms with van der Waals surface area (Å²) in [4.78, 5) is 15.8. The average molecular weight is 303 g/mol. The SMILES string of the molecule is Cn1nc(C(=O)O)c2c(-c3ccc4ccccc4c3)ccnc21. The number of rotatable bonds is 2. The molecule has 2 heterocycles. The highest BCUT2D eigenvalue weighted by molar-refractivity contribution is 6.07. The van der Waals surface area contributed by atoms with E-state index in [1.165, 1.54) is 4.68 Å². The predicted molar refractivity (Wildman–Crippen MR) is 88.4 cm³/mol. The van der Waals surface area contributed by atoms with E-state index in [0.29, 0.717) is 11.0 Å². The minimum Gasteiger partial charge on any atom is -0.476 e. The molecule has 5 nitrogen and oxygen atoms in total. The number of aromatic nitrogens is 3. The van der Waals surface area contributed by atoms with Crippen molar-refractivity contribution in [2.45, 2.75) is 0 Å². The van der Waals surface area contributed by atoms with Crippen molar-refractivity contribution in [3.8, 4) is 11.1 Å². The van der Waals surface area contributed by atoms with Crippen LogP contribution >= 0.6 is 0 Å². The molecule has 0 bridgehead atoms. The van der Waals surface area contributed by atoms with E-state index in [4.69, 9.17) is 0 Å². The molecule has 2 aromatic heterocycles. The molecule has 0 saturated carbocycles. The van der Waals surface area contributed by atoms with Gasteiger partial charge in [0.25, 0.3) is 0 Å². The van der Waals surface area contributed by atoms with Crippen molar-refractivity contribution in [2.24, 2.45) is 7.05 Å². The maximum atomic E-state index is 11.5. The topological polar surface area (TPSA) is 68.0 Å². The lowest BCUT2D eigenvalue weighted by molar-refractivity contribution is 0.0691. The minimum atomic E-state index is -1.05. The summed E-state index contributed by atoms with van der Waals surface area (Å²) < 4.78 is 1.50. The van der Waals surface area contributed by atoms with Gasteiger partial charge in [-0.1, -0.05) is 36.4 Å². The van der Waals surface area contributed by atoms with Crippen molar-refractivity contribution in [3.05, 3.63) is 60.4 Å². The van der Waals surface area contributed by atoms with Crippen LogP contribution in [0.1, 0.15) is 10.5 Å². The Morgan fingerprint density at radius 2 is 1.87 bits per heavy atom. The van der Waals surface area contributed by atoms with E-state index in [2.05, 4.69) is 16.1 Å². The van der Waals surface area contributed by atoms with E-state index in [9.17, 15) is 9.90 Å². The normalized spacial score (nSPS) is 11.2. The third-order valence-corrected chi connectivity index (χ3v) is 3.99. The van der Waals surface area contributed by atoms with Gasteiger partial charge in [0, 0.05) is 13.2 Å². The second kappa shape index (κ2) is 4.91. The van der Waals surface area contributed by atoms with Gasteiger partial charge in [0.1, 0.15) is 0 Å². The number of benzene rings is 2. The molecular weight excluding hydrogens is 290 g/mol. The minimum absolute atomic E-state index is 0.0266. The number of aromatic carboxylic acids is 1. The number of hydrogen-bond donors (Lipinski definition) is 1. The third-order valence-electron chi connectivity index (χ3n) is 3.99. The Balaban J connectivity index is 2.05. The van der Waals surface area contributed by atoms with E-state index in [1.54, 1.807) is 13.2 Å². The summed E-state index contributed by atoms with van der Waals surface area (Å²) in [5.74, 6) is -1.05. The fraction of sp³-hybridized carbons (Fsp3) is 0.0556. The molecule has 0 radical (unpaired) electrons. The summed E-state index contributed by atoms with van der Waals surface area (Å²) in [5, 5.41) is 16.3. The summed E-state index contributed by atoms with van der Waals surface area (Å²) in [6.07, 6.45) is 1.68. The van der Waals surface area contributed by atoms with Gasteiger partial charge < -0.3 is 5.11 Å². The molecular formula is C18H13N3O2. The first-order chi connectivity index (χ1) is 11.1.